The van der Waals surface area contributed by atoms with Crippen molar-refractivity contribution in [2.45, 2.75) is 31.2 Å². The number of nitrogens with one attached hydrogen (secondary N) is 1. The summed E-state index contributed by atoms with van der Waals surface area (Å²) in [6.45, 7) is 4.08. The Bertz CT molecular complexity index is 590. The number of aromatic carboxylic acids is 1. The molecule has 108 valence electrons. The Hall–Kier alpha value is -1.45. The molecule has 1 rings (SSSR count). The minimum Gasteiger partial charge on any atom is -0.476 e. The van der Waals surface area contributed by atoms with Gasteiger partial charge in [0, 0.05) is 7.05 Å². The standard InChI is InChI=1S/C10H17N3O5S/c1-6-8(7(9(15)16)12-11-6)19(17,18)13(4)10(2,3)5-14/h14H,5H2,1-4H3,(H,11,12)(H,15,16). The van der Waals surface area contributed by atoms with Crippen LogP contribution in [0.1, 0.15) is 30.0 Å². The van der Waals surface area contributed by atoms with Crippen molar-refractivity contribution in [2.75, 3.05) is 13.7 Å². The number of aryl methyl sites for hydroxylation is 1. The Balaban J connectivity index is 3.45. The number of hydrogen-bond acceptors (Lipinski definition) is 5. The number of aliphatic hydroxyl groups excluding tert-OH is 1. The third kappa shape index (κ3) is 2.62. The molecule has 0 unspecified atom stereocenters. The van der Waals surface area contributed by atoms with Gasteiger partial charge in [-0.2, -0.15) is 9.40 Å². The second-order valence-corrected chi connectivity index (χ2v) is 6.68. The molecule has 0 aliphatic rings. The van der Waals surface area contributed by atoms with Crippen LogP contribution in [0.15, 0.2) is 4.90 Å². The van der Waals surface area contributed by atoms with Crippen molar-refractivity contribution in [3.8, 4) is 0 Å². The summed E-state index contributed by atoms with van der Waals surface area (Å²) < 4.78 is 25.8. The summed E-state index contributed by atoms with van der Waals surface area (Å²) >= 11 is 0. The fourth-order valence-electron chi connectivity index (χ4n) is 1.44. The highest BCUT2D eigenvalue weighted by molar-refractivity contribution is 7.89. The zero-order valence-corrected chi connectivity index (χ0v) is 11.9. The summed E-state index contributed by atoms with van der Waals surface area (Å²) in [6, 6.07) is 0. The van der Waals surface area contributed by atoms with Gasteiger partial charge in [0.1, 0.15) is 4.90 Å². The minimum atomic E-state index is -4.07. The van der Waals surface area contributed by atoms with Crippen LogP contribution in [0.4, 0.5) is 0 Å². The Morgan fingerprint density at radius 2 is 2.00 bits per heavy atom. The van der Waals surface area contributed by atoms with E-state index in [2.05, 4.69) is 10.2 Å². The maximum Gasteiger partial charge on any atom is 0.357 e. The Kier molecular flexibility index (Phi) is 4.03. The van der Waals surface area contributed by atoms with Gasteiger partial charge in [0.2, 0.25) is 10.0 Å². The molecule has 0 amide bonds. The molecule has 0 atom stereocenters. The molecule has 0 bridgehead atoms. The Morgan fingerprint density at radius 1 is 1.47 bits per heavy atom. The Labute approximate surface area is 111 Å². The molecule has 8 nitrogen and oxygen atoms in total. The fraction of sp³-hybridized carbons (Fsp3) is 0.600. The molecule has 0 spiro atoms. The minimum absolute atomic E-state index is 0.137. The van der Waals surface area contributed by atoms with Gasteiger partial charge in [-0.15, -0.1) is 0 Å². The average molecular weight is 291 g/mol. The van der Waals surface area contributed by atoms with Crippen LogP contribution in [0.5, 0.6) is 0 Å². The van der Waals surface area contributed by atoms with Gasteiger partial charge in [-0.05, 0) is 20.8 Å². The fourth-order valence-corrected chi connectivity index (χ4v) is 3.23. The van der Waals surface area contributed by atoms with E-state index in [4.69, 9.17) is 5.11 Å². The van der Waals surface area contributed by atoms with Crippen molar-refractivity contribution < 1.29 is 23.4 Å². The van der Waals surface area contributed by atoms with E-state index >= 15 is 0 Å². The third-order valence-corrected chi connectivity index (χ3v) is 5.18. The molecule has 1 aromatic heterocycles. The first kappa shape index (κ1) is 15.6. The number of carbonyl (C=O) groups is 1. The molecular weight excluding hydrogens is 274 g/mol. The van der Waals surface area contributed by atoms with E-state index in [1.165, 1.54) is 27.8 Å². The van der Waals surface area contributed by atoms with Gasteiger partial charge >= 0.3 is 5.97 Å². The van der Waals surface area contributed by atoms with E-state index in [-0.39, 0.29) is 10.6 Å². The second-order valence-electron chi connectivity index (χ2n) is 4.77. The molecule has 0 aromatic carbocycles. The maximum absolute atomic E-state index is 12.4. The van der Waals surface area contributed by atoms with E-state index in [1.54, 1.807) is 0 Å². The van der Waals surface area contributed by atoms with Crippen molar-refractivity contribution in [1.29, 1.82) is 0 Å². The topological polar surface area (TPSA) is 124 Å². The number of aliphatic hydroxyl groups is 1. The SMILES string of the molecule is Cc1[nH]nc(C(=O)O)c1S(=O)(=O)N(C)C(C)(C)CO. The number of carboxylic acids is 1. The lowest BCUT2D eigenvalue weighted by Gasteiger charge is -2.32. The van der Waals surface area contributed by atoms with Crippen LogP contribution in [0, 0.1) is 6.92 Å². The van der Waals surface area contributed by atoms with E-state index in [0.717, 1.165) is 4.31 Å². The second kappa shape index (κ2) is 4.91. The lowest BCUT2D eigenvalue weighted by Crippen LogP contribution is -2.47. The third-order valence-electron chi connectivity index (χ3n) is 2.95. The van der Waals surface area contributed by atoms with Crippen molar-refractivity contribution in [3.05, 3.63) is 11.4 Å². The number of aromatic amines is 1. The van der Waals surface area contributed by atoms with Crippen LogP contribution in [0.2, 0.25) is 0 Å². The number of carboxylic acid groups (broad SMARTS) is 1. The molecule has 0 aliphatic heterocycles. The number of hydrogen-bond donors (Lipinski definition) is 3. The van der Waals surface area contributed by atoms with Crippen LogP contribution in [0.25, 0.3) is 0 Å². The van der Waals surface area contributed by atoms with Crippen LogP contribution in [-0.4, -0.2) is 58.3 Å². The lowest BCUT2D eigenvalue weighted by molar-refractivity contribution is 0.0685. The van der Waals surface area contributed by atoms with Crippen molar-refractivity contribution in [2.24, 2.45) is 0 Å². The zero-order valence-electron chi connectivity index (χ0n) is 11.1. The molecule has 19 heavy (non-hydrogen) atoms. The van der Waals surface area contributed by atoms with Gasteiger partial charge in [-0.25, -0.2) is 13.2 Å². The monoisotopic (exact) mass is 291 g/mol. The zero-order chi connectivity index (χ0) is 15.0. The lowest BCUT2D eigenvalue weighted by atomic mass is 10.1. The summed E-state index contributed by atoms with van der Waals surface area (Å²) in [5.41, 5.74) is -1.48. The van der Waals surface area contributed by atoms with E-state index in [9.17, 15) is 18.3 Å². The number of aromatic nitrogens is 2. The predicted octanol–water partition coefficient (Wildman–Crippen LogP) is -0.192. The quantitative estimate of drug-likeness (QED) is 0.690. The summed E-state index contributed by atoms with van der Waals surface area (Å²) in [4.78, 5) is 10.6. The molecule has 0 saturated carbocycles. The van der Waals surface area contributed by atoms with Gasteiger partial charge in [0.05, 0.1) is 17.8 Å². The van der Waals surface area contributed by atoms with Gasteiger partial charge < -0.3 is 10.2 Å². The highest BCUT2D eigenvalue weighted by Gasteiger charge is 2.38. The smallest absolute Gasteiger partial charge is 0.357 e. The van der Waals surface area contributed by atoms with Crippen molar-refractivity contribution >= 4 is 16.0 Å². The maximum atomic E-state index is 12.4. The number of sulfonamides is 1. The molecule has 0 aliphatic carbocycles. The molecule has 1 aromatic rings. The van der Waals surface area contributed by atoms with Crippen LogP contribution in [0.3, 0.4) is 0 Å². The van der Waals surface area contributed by atoms with E-state index in [0.29, 0.717) is 0 Å². The molecule has 1 heterocycles. The van der Waals surface area contributed by atoms with Crippen molar-refractivity contribution in [3.63, 3.8) is 0 Å². The summed E-state index contributed by atoms with van der Waals surface area (Å²) in [5, 5.41) is 24.0. The molecule has 0 fully saturated rings. The molecule has 3 N–H and O–H groups in total. The van der Waals surface area contributed by atoms with E-state index in [1.807, 2.05) is 0 Å². The highest BCUT2D eigenvalue weighted by atomic mass is 32.2. The van der Waals surface area contributed by atoms with Crippen LogP contribution < -0.4 is 0 Å². The number of H-pyrrole nitrogens is 1. The summed E-state index contributed by atoms with van der Waals surface area (Å²) in [6.07, 6.45) is 0. The highest BCUT2D eigenvalue weighted by Crippen LogP contribution is 2.26. The molecule has 0 saturated heterocycles. The van der Waals surface area contributed by atoms with Crippen LogP contribution >= 0.6 is 0 Å². The van der Waals surface area contributed by atoms with Gasteiger partial charge in [0.25, 0.3) is 0 Å². The molecule has 9 heteroatoms. The van der Waals surface area contributed by atoms with Gasteiger partial charge in [-0.1, -0.05) is 0 Å². The largest absolute Gasteiger partial charge is 0.476 e. The van der Waals surface area contributed by atoms with Gasteiger partial charge in [0.15, 0.2) is 5.69 Å². The Morgan fingerprint density at radius 3 is 2.42 bits per heavy atom. The number of likely N-dealkylation sites (N-methyl/N-ethyl adjacent to an activating group) is 1. The summed E-state index contributed by atoms with van der Waals surface area (Å²) in [5.74, 6) is -1.43. The average Bonchev–Trinajstić information content (AvgIpc) is 2.70. The molecule has 0 radical (unpaired) electrons. The summed E-state index contributed by atoms with van der Waals surface area (Å²) in [7, 11) is -2.79. The normalized spacial score (nSPS) is 12.9. The first-order valence-corrected chi connectivity index (χ1v) is 6.88. The number of rotatable bonds is 5. The predicted molar refractivity (Wildman–Crippen MR) is 66.4 cm³/mol. The van der Waals surface area contributed by atoms with Crippen LogP contribution in [-0.2, 0) is 10.0 Å². The molecular formula is C10H17N3O5S. The first-order valence-electron chi connectivity index (χ1n) is 5.44. The van der Waals surface area contributed by atoms with Gasteiger partial charge in [-0.3, -0.25) is 5.10 Å². The first-order chi connectivity index (χ1) is 8.55. The number of nitrogens with zero attached hydrogens (tertiary/aromatic N) is 2. The van der Waals surface area contributed by atoms with Crippen molar-refractivity contribution in [1.82, 2.24) is 14.5 Å². The van der Waals surface area contributed by atoms with E-state index < -0.39 is 33.8 Å².